The van der Waals surface area contributed by atoms with Crippen molar-refractivity contribution in [3.05, 3.63) is 66.5 Å². The van der Waals surface area contributed by atoms with Crippen LogP contribution in [0.15, 0.2) is 60.9 Å². The number of benzene rings is 1. The highest BCUT2D eigenvalue weighted by molar-refractivity contribution is 7.91. The first-order valence-electron chi connectivity index (χ1n) is 9.12. The number of nitrogens with zero attached hydrogens (tertiary/aromatic N) is 3. The predicted molar refractivity (Wildman–Crippen MR) is 110 cm³/mol. The van der Waals surface area contributed by atoms with E-state index < -0.39 is 9.84 Å². The fraction of sp³-hybridized carbons (Fsp3) is 0.250. The number of hydrogen-bond acceptors (Lipinski definition) is 7. The highest BCUT2D eigenvalue weighted by Crippen LogP contribution is 2.23. The molecule has 0 spiro atoms. The van der Waals surface area contributed by atoms with Crippen LogP contribution in [0.5, 0.6) is 0 Å². The van der Waals surface area contributed by atoms with Gasteiger partial charge < -0.3 is 10.6 Å². The summed E-state index contributed by atoms with van der Waals surface area (Å²) in [5.74, 6) is 1.45. The van der Waals surface area contributed by atoms with Crippen molar-refractivity contribution in [2.75, 3.05) is 22.1 Å². The van der Waals surface area contributed by atoms with E-state index in [0.29, 0.717) is 24.7 Å². The molecule has 0 aliphatic carbocycles. The fourth-order valence-corrected chi connectivity index (χ4v) is 4.83. The van der Waals surface area contributed by atoms with Gasteiger partial charge in [-0.2, -0.15) is 4.98 Å². The summed E-state index contributed by atoms with van der Waals surface area (Å²) in [6.07, 6.45) is 4.11. The van der Waals surface area contributed by atoms with Crippen LogP contribution >= 0.6 is 0 Å². The van der Waals surface area contributed by atoms with Gasteiger partial charge in [0.05, 0.1) is 17.2 Å². The molecule has 1 atom stereocenters. The van der Waals surface area contributed by atoms with Crippen LogP contribution in [0.1, 0.15) is 12.0 Å². The van der Waals surface area contributed by atoms with Crippen molar-refractivity contribution in [3.8, 4) is 11.3 Å². The molecule has 0 radical (unpaired) electrons. The van der Waals surface area contributed by atoms with E-state index in [1.165, 1.54) is 0 Å². The van der Waals surface area contributed by atoms with Gasteiger partial charge in [0.15, 0.2) is 9.84 Å². The highest BCUT2D eigenvalue weighted by atomic mass is 32.2. The van der Waals surface area contributed by atoms with Crippen LogP contribution in [0, 0.1) is 0 Å². The molecule has 1 fully saturated rings. The molecule has 1 aliphatic heterocycles. The Kier molecular flexibility index (Phi) is 5.21. The third-order valence-corrected chi connectivity index (χ3v) is 6.32. The van der Waals surface area contributed by atoms with Crippen LogP contribution in [-0.4, -0.2) is 40.9 Å². The average Bonchev–Trinajstić information content (AvgIpc) is 3.06. The summed E-state index contributed by atoms with van der Waals surface area (Å²) in [5, 5.41) is 6.49. The molecular formula is C20H21N5O2S. The highest BCUT2D eigenvalue weighted by Gasteiger charge is 2.28. The van der Waals surface area contributed by atoms with Crippen LogP contribution in [0.2, 0.25) is 0 Å². The molecule has 1 aliphatic rings. The van der Waals surface area contributed by atoms with E-state index >= 15 is 0 Å². The van der Waals surface area contributed by atoms with Crippen LogP contribution in [0.3, 0.4) is 0 Å². The monoisotopic (exact) mass is 395 g/mol. The van der Waals surface area contributed by atoms with Crippen molar-refractivity contribution in [1.82, 2.24) is 15.0 Å². The molecular weight excluding hydrogens is 374 g/mol. The number of anilines is 2. The van der Waals surface area contributed by atoms with E-state index in [2.05, 4.69) is 25.6 Å². The summed E-state index contributed by atoms with van der Waals surface area (Å²) in [6.45, 7) is 0.545. The summed E-state index contributed by atoms with van der Waals surface area (Å²) >= 11 is 0. The van der Waals surface area contributed by atoms with Gasteiger partial charge in [-0.1, -0.05) is 36.4 Å². The summed E-state index contributed by atoms with van der Waals surface area (Å²) in [6, 6.07) is 15.4. The normalized spacial score (nSPS) is 17.9. The van der Waals surface area contributed by atoms with Gasteiger partial charge >= 0.3 is 0 Å². The summed E-state index contributed by atoms with van der Waals surface area (Å²) in [4.78, 5) is 13.3. The Morgan fingerprint density at radius 3 is 2.64 bits per heavy atom. The molecule has 2 aromatic heterocycles. The number of hydrogen-bond donors (Lipinski definition) is 2. The standard InChI is InChI=1S/C20H21N5O2S/c26-28(27)10-8-17(14-28)23-19-11-18(16-6-2-1-3-7-16)24-20(25-19)22-13-15-5-4-9-21-12-15/h1-7,9,11-12,17H,8,10,13-14H2,(H2,22,23,24,25). The molecule has 7 nitrogen and oxygen atoms in total. The van der Waals surface area contributed by atoms with Crippen LogP contribution in [0.4, 0.5) is 11.8 Å². The fourth-order valence-electron chi connectivity index (χ4n) is 3.16. The third-order valence-electron chi connectivity index (χ3n) is 4.55. The molecule has 8 heteroatoms. The molecule has 28 heavy (non-hydrogen) atoms. The van der Waals surface area contributed by atoms with Gasteiger partial charge in [0, 0.05) is 36.6 Å². The van der Waals surface area contributed by atoms with Crippen LogP contribution in [0.25, 0.3) is 11.3 Å². The third kappa shape index (κ3) is 4.64. The number of nitrogens with one attached hydrogen (secondary N) is 2. The van der Waals surface area contributed by atoms with E-state index in [9.17, 15) is 8.42 Å². The lowest BCUT2D eigenvalue weighted by Crippen LogP contribution is -2.21. The van der Waals surface area contributed by atoms with E-state index in [1.807, 2.05) is 48.5 Å². The number of sulfone groups is 1. The summed E-state index contributed by atoms with van der Waals surface area (Å²) in [7, 11) is -2.96. The lowest BCUT2D eigenvalue weighted by atomic mass is 10.1. The molecule has 1 aromatic carbocycles. The average molecular weight is 395 g/mol. The van der Waals surface area contributed by atoms with Crippen molar-refractivity contribution in [2.45, 2.75) is 19.0 Å². The van der Waals surface area contributed by atoms with Gasteiger partial charge in [-0.25, -0.2) is 13.4 Å². The van der Waals surface area contributed by atoms with Crippen LogP contribution in [-0.2, 0) is 16.4 Å². The second-order valence-corrected chi connectivity index (χ2v) is 9.02. The molecule has 0 bridgehead atoms. The molecule has 2 N–H and O–H groups in total. The van der Waals surface area contributed by atoms with E-state index in [0.717, 1.165) is 16.8 Å². The summed E-state index contributed by atoms with van der Waals surface area (Å²) in [5.41, 5.74) is 2.76. The zero-order valence-electron chi connectivity index (χ0n) is 15.2. The Bertz CT molecular complexity index is 1040. The maximum Gasteiger partial charge on any atom is 0.225 e. The Hall–Kier alpha value is -3.00. The minimum absolute atomic E-state index is 0.130. The zero-order chi connectivity index (χ0) is 19.4. The molecule has 3 heterocycles. The van der Waals surface area contributed by atoms with Crippen molar-refractivity contribution in [3.63, 3.8) is 0 Å². The van der Waals surface area contributed by atoms with E-state index in [-0.39, 0.29) is 17.5 Å². The zero-order valence-corrected chi connectivity index (χ0v) is 16.1. The van der Waals surface area contributed by atoms with Crippen molar-refractivity contribution in [2.24, 2.45) is 0 Å². The minimum atomic E-state index is -2.96. The number of aromatic nitrogens is 3. The lowest BCUT2D eigenvalue weighted by Gasteiger charge is -2.14. The van der Waals surface area contributed by atoms with Gasteiger partial charge in [0.1, 0.15) is 5.82 Å². The SMILES string of the molecule is O=S1(=O)CCC(Nc2cc(-c3ccccc3)nc(NCc3cccnc3)n2)C1. The van der Waals surface area contributed by atoms with Gasteiger partial charge in [-0.3, -0.25) is 4.98 Å². The topological polar surface area (TPSA) is 96.9 Å². The largest absolute Gasteiger partial charge is 0.366 e. The van der Waals surface area contributed by atoms with Gasteiger partial charge in [-0.15, -0.1) is 0 Å². The second kappa shape index (κ2) is 7.93. The van der Waals surface area contributed by atoms with E-state index in [4.69, 9.17) is 0 Å². The number of pyridine rings is 1. The van der Waals surface area contributed by atoms with Crippen molar-refractivity contribution >= 4 is 21.6 Å². The smallest absolute Gasteiger partial charge is 0.225 e. The Balaban J connectivity index is 1.59. The van der Waals surface area contributed by atoms with Gasteiger partial charge in [0.25, 0.3) is 0 Å². The van der Waals surface area contributed by atoms with Crippen molar-refractivity contribution in [1.29, 1.82) is 0 Å². The molecule has 1 saturated heterocycles. The second-order valence-electron chi connectivity index (χ2n) is 6.79. The lowest BCUT2D eigenvalue weighted by molar-refractivity contribution is 0.602. The Labute approximate surface area is 164 Å². The number of rotatable bonds is 6. The minimum Gasteiger partial charge on any atom is -0.366 e. The van der Waals surface area contributed by atoms with Crippen LogP contribution < -0.4 is 10.6 Å². The summed E-state index contributed by atoms with van der Waals surface area (Å²) < 4.78 is 23.5. The first-order valence-corrected chi connectivity index (χ1v) is 10.9. The van der Waals surface area contributed by atoms with Gasteiger partial charge in [0.2, 0.25) is 5.95 Å². The molecule has 144 valence electrons. The molecule has 1 unspecified atom stereocenters. The first-order chi connectivity index (χ1) is 13.6. The van der Waals surface area contributed by atoms with E-state index in [1.54, 1.807) is 12.4 Å². The molecule has 3 aromatic rings. The van der Waals surface area contributed by atoms with Crippen molar-refractivity contribution < 1.29 is 8.42 Å². The Morgan fingerprint density at radius 1 is 1.07 bits per heavy atom. The Morgan fingerprint density at radius 2 is 1.93 bits per heavy atom. The first kappa shape index (κ1) is 18.4. The maximum absolute atomic E-state index is 11.8. The molecule has 4 rings (SSSR count). The maximum atomic E-state index is 11.8. The quantitative estimate of drug-likeness (QED) is 0.662. The molecule has 0 saturated carbocycles. The predicted octanol–water partition coefficient (Wildman–Crippen LogP) is 2.75. The van der Waals surface area contributed by atoms with Gasteiger partial charge in [-0.05, 0) is 18.1 Å². The molecule has 0 amide bonds.